The second-order valence-electron chi connectivity index (χ2n) is 5.26. The summed E-state index contributed by atoms with van der Waals surface area (Å²) < 4.78 is 0. The number of aliphatic hydroxyl groups excluding tert-OH is 1. The molecule has 3 rings (SSSR count). The number of nitrogens with one attached hydrogen (secondary N) is 2. The smallest absolute Gasteiger partial charge is 0.225 e. The normalized spacial score (nSPS) is 10.5. The Hall–Kier alpha value is -2.34. The molecule has 0 bridgehead atoms. The maximum absolute atomic E-state index is 9.02. The molecule has 1 aromatic heterocycles. The van der Waals surface area contributed by atoms with Gasteiger partial charge < -0.3 is 15.7 Å². The zero-order valence-corrected chi connectivity index (χ0v) is 14.7. The summed E-state index contributed by atoms with van der Waals surface area (Å²) in [7, 11) is 0. The summed E-state index contributed by atoms with van der Waals surface area (Å²) in [6.07, 6.45) is 0. The van der Waals surface area contributed by atoms with E-state index in [0.29, 0.717) is 28.4 Å². The van der Waals surface area contributed by atoms with E-state index in [1.807, 2.05) is 36.4 Å². The van der Waals surface area contributed by atoms with Crippen LogP contribution in [0.2, 0.25) is 10.0 Å². The fraction of sp³-hybridized carbons (Fsp3) is 0.111. The summed E-state index contributed by atoms with van der Waals surface area (Å²) in [6.45, 7) is 0.353. The van der Waals surface area contributed by atoms with Crippen LogP contribution in [-0.4, -0.2) is 28.2 Å². The summed E-state index contributed by atoms with van der Waals surface area (Å²) >= 11 is 12.1. The van der Waals surface area contributed by atoms with Crippen LogP contribution in [0.1, 0.15) is 0 Å². The van der Waals surface area contributed by atoms with Crippen molar-refractivity contribution in [2.75, 3.05) is 23.8 Å². The molecule has 0 aliphatic heterocycles. The average molecular weight is 375 g/mol. The van der Waals surface area contributed by atoms with E-state index < -0.39 is 0 Å². The fourth-order valence-electron chi connectivity index (χ4n) is 2.29. The van der Waals surface area contributed by atoms with Crippen molar-refractivity contribution in [3.05, 3.63) is 64.6 Å². The molecule has 0 aliphatic carbocycles. The van der Waals surface area contributed by atoms with E-state index in [9.17, 15) is 0 Å². The minimum absolute atomic E-state index is 0.00835. The Labute approximate surface area is 155 Å². The van der Waals surface area contributed by atoms with Gasteiger partial charge in [-0.3, -0.25) is 0 Å². The van der Waals surface area contributed by atoms with Gasteiger partial charge in [0.2, 0.25) is 5.95 Å². The molecule has 0 saturated carbocycles. The third-order valence-electron chi connectivity index (χ3n) is 3.33. The molecule has 0 fully saturated rings. The first kappa shape index (κ1) is 17.5. The molecular weight excluding hydrogens is 359 g/mol. The molecule has 3 N–H and O–H groups in total. The Morgan fingerprint density at radius 3 is 2.32 bits per heavy atom. The summed E-state index contributed by atoms with van der Waals surface area (Å²) in [5.41, 5.74) is 2.44. The molecule has 0 spiro atoms. The van der Waals surface area contributed by atoms with Crippen LogP contribution >= 0.6 is 23.2 Å². The Bertz CT molecular complexity index is 839. The SMILES string of the molecule is OCCNc1nc(Nc2cc(Cl)cc(Cl)c2)cc(-c2ccccc2)n1. The summed E-state index contributed by atoms with van der Waals surface area (Å²) in [5, 5.41) is 16.3. The molecular formula is C18H16Cl2N4O. The minimum atomic E-state index is -0.00835. The van der Waals surface area contributed by atoms with Crippen LogP contribution in [0, 0.1) is 0 Å². The van der Waals surface area contributed by atoms with E-state index in [4.69, 9.17) is 28.3 Å². The van der Waals surface area contributed by atoms with Crippen LogP contribution in [0.4, 0.5) is 17.5 Å². The molecule has 1 heterocycles. The molecule has 0 aliphatic rings. The highest BCUT2D eigenvalue weighted by Gasteiger charge is 2.08. The van der Waals surface area contributed by atoms with Crippen LogP contribution in [-0.2, 0) is 0 Å². The van der Waals surface area contributed by atoms with Crippen molar-refractivity contribution in [3.63, 3.8) is 0 Å². The molecule has 3 aromatic rings. The van der Waals surface area contributed by atoms with Gasteiger partial charge in [0.15, 0.2) is 0 Å². The zero-order valence-electron chi connectivity index (χ0n) is 13.2. The van der Waals surface area contributed by atoms with Gasteiger partial charge in [-0.15, -0.1) is 0 Å². The number of aliphatic hydroxyl groups is 1. The van der Waals surface area contributed by atoms with E-state index in [2.05, 4.69) is 20.6 Å². The largest absolute Gasteiger partial charge is 0.395 e. The lowest BCUT2D eigenvalue weighted by atomic mass is 10.1. The van der Waals surface area contributed by atoms with Crippen molar-refractivity contribution in [1.82, 2.24) is 9.97 Å². The number of nitrogens with zero attached hydrogens (tertiary/aromatic N) is 2. The quantitative estimate of drug-likeness (QED) is 0.588. The van der Waals surface area contributed by atoms with Crippen LogP contribution in [0.15, 0.2) is 54.6 Å². The predicted molar refractivity (Wildman–Crippen MR) is 103 cm³/mol. The molecule has 0 atom stereocenters. The third-order valence-corrected chi connectivity index (χ3v) is 3.76. The molecule has 7 heteroatoms. The lowest BCUT2D eigenvalue weighted by Gasteiger charge is -2.11. The number of hydrogen-bond acceptors (Lipinski definition) is 5. The van der Waals surface area contributed by atoms with Crippen molar-refractivity contribution in [2.45, 2.75) is 0 Å². The summed E-state index contributed by atoms with van der Waals surface area (Å²) in [5.74, 6) is 1.01. The van der Waals surface area contributed by atoms with E-state index in [0.717, 1.165) is 16.9 Å². The number of rotatable bonds is 6. The first-order chi connectivity index (χ1) is 12.1. The van der Waals surface area contributed by atoms with E-state index >= 15 is 0 Å². The summed E-state index contributed by atoms with van der Waals surface area (Å²) in [6, 6.07) is 16.8. The van der Waals surface area contributed by atoms with Crippen LogP contribution in [0.5, 0.6) is 0 Å². The highest BCUT2D eigenvalue weighted by atomic mass is 35.5. The van der Waals surface area contributed by atoms with Gasteiger partial charge in [-0.25, -0.2) is 4.98 Å². The van der Waals surface area contributed by atoms with E-state index in [1.54, 1.807) is 18.2 Å². The second-order valence-corrected chi connectivity index (χ2v) is 6.13. The Morgan fingerprint density at radius 1 is 0.920 bits per heavy atom. The van der Waals surface area contributed by atoms with Crippen molar-refractivity contribution in [1.29, 1.82) is 0 Å². The highest BCUT2D eigenvalue weighted by Crippen LogP contribution is 2.27. The van der Waals surface area contributed by atoms with Crippen LogP contribution in [0.25, 0.3) is 11.3 Å². The maximum atomic E-state index is 9.02. The van der Waals surface area contributed by atoms with E-state index in [-0.39, 0.29) is 6.61 Å². The van der Waals surface area contributed by atoms with Gasteiger partial charge in [0.05, 0.1) is 12.3 Å². The highest BCUT2D eigenvalue weighted by molar-refractivity contribution is 6.35. The van der Waals surface area contributed by atoms with Gasteiger partial charge in [0.1, 0.15) is 5.82 Å². The molecule has 25 heavy (non-hydrogen) atoms. The number of halogens is 2. The lowest BCUT2D eigenvalue weighted by molar-refractivity contribution is 0.311. The maximum Gasteiger partial charge on any atom is 0.225 e. The monoisotopic (exact) mass is 374 g/mol. The van der Waals surface area contributed by atoms with Gasteiger partial charge >= 0.3 is 0 Å². The number of benzene rings is 2. The molecule has 0 radical (unpaired) electrons. The van der Waals surface area contributed by atoms with Gasteiger partial charge in [0.25, 0.3) is 0 Å². The Morgan fingerprint density at radius 2 is 1.64 bits per heavy atom. The van der Waals surface area contributed by atoms with Crippen molar-refractivity contribution >= 4 is 40.7 Å². The third kappa shape index (κ3) is 4.82. The Kier molecular flexibility index (Phi) is 5.71. The minimum Gasteiger partial charge on any atom is -0.395 e. The van der Waals surface area contributed by atoms with Gasteiger partial charge in [-0.2, -0.15) is 4.98 Å². The predicted octanol–water partition coefficient (Wildman–Crippen LogP) is 4.60. The molecule has 0 unspecified atom stereocenters. The van der Waals surface area contributed by atoms with Crippen LogP contribution in [0.3, 0.4) is 0 Å². The molecule has 2 aromatic carbocycles. The van der Waals surface area contributed by atoms with E-state index in [1.165, 1.54) is 0 Å². The van der Waals surface area contributed by atoms with Crippen molar-refractivity contribution in [3.8, 4) is 11.3 Å². The fourth-order valence-corrected chi connectivity index (χ4v) is 2.81. The van der Waals surface area contributed by atoms with Gasteiger partial charge in [0, 0.05) is 33.9 Å². The molecule has 0 amide bonds. The van der Waals surface area contributed by atoms with Crippen molar-refractivity contribution < 1.29 is 5.11 Å². The standard InChI is InChI=1S/C18H16Cl2N4O/c19-13-8-14(20)10-15(9-13)22-17-11-16(12-4-2-1-3-5-12)23-18(24-17)21-6-7-25/h1-5,8-11,25H,6-7H2,(H2,21,22,23,24). The lowest BCUT2D eigenvalue weighted by Crippen LogP contribution is -2.10. The molecule has 0 saturated heterocycles. The number of hydrogen-bond donors (Lipinski definition) is 3. The zero-order chi connectivity index (χ0) is 17.6. The molecule has 5 nitrogen and oxygen atoms in total. The number of anilines is 3. The second kappa shape index (κ2) is 8.16. The number of aromatic nitrogens is 2. The van der Waals surface area contributed by atoms with Crippen LogP contribution < -0.4 is 10.6 Å². The first-order valence-electron chi connectivity index (χ1n) is 7.66. The Balaban J connectivity index is 1.96. The van der Waals surface area contributed by atoms with Crippen molar-refractivity contribution in [2.24, 2.45) is 0 Å². The topological polar surface area (TPSA) is 70.1 Å². The average Bonchev–Trinajstić information content (AvgIpc) is 2.59. The van der Waals surface area contributed by atoms with Gasteiger partial charge in [-0.1, -0.05) is 53.5 Å². The first-order valence-corrected chi connectivity index (χ1v) is 8.42. The summed E-state index contributed by atoms with van der Waals surface area (Å²) in [4.78, 5) is 8.91. The molecule has 128 valence electrons. The van der Waals surface area contributed by atoms with Gasteiger partial charge in [-0.05, 0) is 18.2 Å².